The second-order valence-corrected chi connectivity index (χ2v) is 8.57. The molecular formula is C24H22N4. The van der Waals surface area contributed by atoms with Crippen molar-refractivity contribution in [2.24, 2.45) is 20.0 Å². The molecule has 0 N–H and O–H groups in total. The van der Waals surface area contributed by atoms with Crippen LogP contribution in [0.25, 0.3) is 11.1 Å². The summed E-state index contributed by atoms with van der Waals surface area (Å²) in [4.78, 5) is 18.9. The lowest BCUT2D eigenvalue weighted by Gasteiger charge is -2.25. The number of hydrogen-bond donors (Lipinski definition) is 0. The number of allylic oxidation sites excluding steroid dienone is 2. The number of hydrogen-bond acceptors (Lipinski definition) is 4. The fourth-order valence-corrected chi connectivity index (χ4v) is 3.87. The highest BCUT2D eigenvalue weighted by Crippen LogP contribution is 2.35. The number of nitrogens with zero attached hydrogens (tertiary/aromatic N) is 4. The number of fused-ring (bicyclic) bond motifs is 7. The van der Waals surface area contributed by atoms with Gasteiger partial charge in [0.2, 0.25) is 0 Å². The predicted octanol–water partition coefficient (Wildman–Crippen LogP) is 5.10. The van der Waals surface area contributed by atoms with E-state index in [-0.39, 0.29) is 10.8 Å². The van der Waals surface area contributed by atoms with Crippen LogP contribution in [-0.4, -0.2) is 24.1 Å². The zero-order chi connectivity index (χ0) is 19.5. The van der Waals surface area contributed by atoms with Crippen molar-refractivity contribution >= 4 is 24.1 Å². The summed E-state index contributed by atoms with van der Waals surface area (Å²) < 4.78 is 0. The van der Waals surface area contributed by atoms with Gasteiger partial charge >= 0.3 is 0 Å². The molecule has 4 nitrogen and oxygen atoms in total. The Labute approximate surface area is 165 Å². The summed E-state index contributed by atoms with van der Waals surface area (Å²) >= 11 is 0. The monoisotopic (exact) mass is 366 g/mol. The van der Waals surface area contributed by atoms with Crippen LogP contribution in [0.1, 0.15) is 38.8 Å². The zero-order valence-electron chi connectivity index (χ0n) is 16.6. The van der Waals surface area contributed by atoms with Crippen molar-refractivity contribution < 1.29 is 0 Å². The van der Waals surface area contributed by atoms with Crippen LogP contribution >= 0.6 is 0 Å². The first-order valence-corrected chi connectivity index (χ1v) is 9.58. The largest absolute Gasteiger partial charge is 0.238 e. The Morgan fingerprint density at radius 3 is 1.46 bits per heavy atom. The first-order chi connectivity index (χ1) is 13.4. The van der Waals surface area contributed by atoms with E-state index in [9.17, 15) is 0 Å². The van der Waals surface area contributed by atoms with Crippen molar-refractivity contribution in [3.63, 3.8) is 0 Å². The normalized spacial score (nSPS) is 20.7. The summed E-state index contributed by atoms with van der Waals surface area (Å²) in [5, 5.41) is 0. The maximum atomic E-state index is 4.81. The van der Waals surface area contributed by atoms with Gasteiger partial charge in [-0.1, -0.05) is 48.5 Å². The summed E-state index contributed by atoms with van der Waals surface area (Å²) in [5.41, 5.74) is 5.71. The van der Waals surface area contributed by atoms with Crippen LogP contribution in [0.2, 0.25) is 0 Å². The van der Waals surface area contributed by atoms with Gasteiger partial charge in [0, 0.05) is 10.8 Å². The van der Waals surface area contributed by atoms with E-state index in [1.165, 1.54) is 22.3 Å². The first-order valence-electron chi connectivity index (χ1n) is 9.58. The molecule has 3 aliphatic heterocycles. The molecule has 138 valence electrons. The van der Waals surface area contributed by atoms with E-state index in [1.54, 1.807) is 12.4 Å². The minimum absolute atomic E-state index is 0.307. The molecule has 4 heteroatoms. The second-order valence-electron chi connectivity index (χ2n) is 8.57. The summed E-state index contributed by atoms with van der Waals surface area (Å²) in [6, 6.07) is 17.4. The highest BCUT2D eigenvalue weighted by Gasteiger charge is 2.33. The smallest absolute Gasteiger partial charge is 0.139 e. The van der Waals surface area contributed by atoms with Crippen LogP contribution in [0.4, 0.5) is 0 Å². The van der Waals surface area contributed by atoms with Gasteiger partial charge < -0.3 is 0 Å². The second kappa shape index (κ2) is 5.68. The Morgan fingerprint density at radius 1 is 0.607 bits per heavy atom. The third-order valence-corrected chi connectivity index (χ3v) is 5.95. The van der Waals surface area contributed by atoms with Crippen LogP contribution in [0, 0.1) is 0 Å². The maximum absolute atomic E-state index is 4.81. The number of amidine groups is 2. The quantitative estimate of drug-likeness (QED) is 0.623. The van der Waals surface area contributed by atoms with Gasteiger partial charge in [0.05, 0.1) is 12.4 Å². The van der Waals surface area contributed by atoms with Crippen LogP contribution < -0.4 is 0 Å². The fraction of sp³-hybridized carbons (Fsp3) is 0.250. The molecule has 0 radical (unpaired) electrons. The molecule has 8 bridgehead atoms. The van der Waals surface area contributed by atoms with E-state index >= 15 is 0 Å². The Balaban J connectivity index is 1.82. The van der Waals surface area contributed by atoms with Crippen molar-refractivity contribution in [1.82, 2.24) is 0 Å². The van der Waals surface area contributed by atoms with E-state index in [4.69, 9.17) is 9.98 Å². The zero-order valence-corrected chi connectivity index (χ0v) is 16.6. The lowest BCUT2D eigenvalue weighted by atomic mass is 9.80. The Kier molecular flexibility index (Phi) is 3.45. The van der Waals surface area contributed by atoms with Gasteiger partial charge in [-0.2, -0.15) is 0 Å². The molecule has 5 rings (SSSR count). The molecule has 28 heavy (non-hydrogen) atoms. The van der Waals surface area contributed by atoms with Gasteiger partial charge in [-0.15, -0.1) is 0 Å². The third kappa shape index (κ3) is 2.44. The molecule has 0 spiro atoms. The summed E-state index contributed by atoms with van der Waals surface area (Å²) in [6.45, 7) is 8.66. The van der Waals surface area contributed by atoms with Crippen LogP contribution in [0.3, 0.4) is 0 Å². The van der Waals surface area contributed by atoms with Gasteiger partial charge in [-0.25, -0.2) is 20.0 Å². The lowest BCUT2D eigenvalue weighted by molar-refractivity contribution is 0.710. The molecule has 0 fully saturated rings. The highest BCUT2D eigenvalue weighted by atomic mass is 15.1. The van der Waals surface area contributed by atoms with Gasteiger partial charge in [-0.05, 0) is 49.9 Å². The SMILES string of the molecule is CC1(C)C2=NC(=C3C=NC(=N3)C(C)(C)c3cccc(c3)-c3cccc1c3)C=N2. The summed E-state index contributed by atoms with van der Waals surface area (Å²) in [6.07, 6.45) is 3.61. The summed E-state index contributed by atoms with van der Waals surface area (Å²) in [5.74, 6) is 1.60. The Morgan fingerprint density at radius 2 is 1.04 bits per heavy atom. The van der Waals surface area contributed by atoms with Gasteiger partial charge in [0.1, 0.15) is 23.1 Å². The molecule has 3 heterocycles. The topological polar surface area (TPSA) is 49.4 Å². The van der Waals surface area contributed by atoms with Crippen molar-refractivity contribution in [3.05, 3.63) is 71.1 Å². The van der Waals surface area contributed by atoms with E-state index in [2.05, 4.69) is 86.2 Å². The number of aliphatic imine (C=N–C) groups is 4. The minimum atomic E-state index is -0.307. The standard InChI is InChI=1S/C24H22N4/c1-23(2)17-9-5-7-15(11-17)16-8-6-10-18(12-16)24(3,4)22-26-14-20(28-22)19-13-25-21(23)27-19/h5-14H,1-4H3. The maximum Gasteiger partial charge on any atom is 0.139 e. The average molecular weight is 366 g/mol. The van der Waals surface area contributed by atoms with Crippen molar-refractivity contribution in [1.29, 1.82) is 0 Å². The van der Waals surface area contributed by atoms with Crippen LogP contribution in [0.15, 0.2) is 79.9 Å². The third-order valence-electron chi connectivity index (χ3n) is 5.95. The number of benzene rings is 2. The Bertz CT molecular complexity index is 1070. The number of rotatable bonds is 0. The molecule has 0 saturated heterocycles. The van der Waals surface area contributed by atoms with Crippen molar-refractivity contribution in [2.45, 2.75) is 38.5 Å². The Hall–Kier alpha value is -3.14. The molecule has 2 aromatic carbocycles. The van der Waals surface area contributed by atoms with E-state index < -0.39 is 0 Å². The van der Waals surface area contributed by atoms with Crippen LogP contribution in [0.5, 0.6) is 0 Å². The molecule has 0 aromatic heterocycles. The van der Waals surface area contributed by atoms with Crippen molar-refractivity contribution in [2.75, 3.05) is 0 Å². The molecular weight excluding hydrogens is 344 g/mol. The minimum Gasteiger partial charge on any atom is -0.238 e. The van der Waals surface area contributed by atoms with Crippen molar-refractivity contribution in [3.8, 4) is 11.1 Å². The van der Waals surface area contributed by atoms with Gasteiger partial charge in [-0.3, -0.25) is 0 Å². The molecule has 0 atom stereocenters. The molecule has 0 unspecified atom stereocenters. The van der Waals surface area contributed by atoms with E-state index in [0.717, 1.165) is 23.1 Å². The van der Waals surface area contributed by atoms with E-state index in [0.29, 0.717) is 0 Å². The predicted molar refractivity (Wildman–Crippen MR) is 117 cm³/mol. The van der Waals surface area contributed by atoms with E-state index in [1.807, 2.05) is 0 Å². The molecule has 0 aliphatic carbocycles. The highest BCUT2D eigenvalue weighted by molar-refractivity contribution is 6.12. The first kappa shape index (κ1) is 17.0. The molecule has 2 aromatic rings. The summed E-state index contributed by atoms with van der Waals surface area (Å²) in [7, 11) is 0. The van der Waals surface area contributed by atoms with Gasteiger partial charge in [0.25, 0.3) is 0 Å². The fourth-order valence-electron chi connectivity index (χ4n) is 3.87. The average Bonchev–Trinajstić information content (AvgIpc) is 3.37. The van der Waals surface area contributed by atoms with Gasteiger partial charge in [0.15, 0.2) is 0 Å². The van der Waals surface area contributed by atoms with Crippen LogP contribution in [-0.2, 0) is 10.8 Å². The molecule has 3 aliphatic rings. The molecule has 0 saturated carbocycles. The molecule has 0 amide bonds. The lowest BCUT2D eigenvalue weighted by Crippen LogP contribution is -2.27.